The van der Waals surface area contributed by atoms with Crippen LogP contribution < -0.4 is 26.2 Å². The fourth-order valence-corrected chi connectivity index (χ4v) is 9.56. The molecule has 368 valence electrons. The quantitative estimate of drug-likeness (QED) is 0.0253. The van der Waals surface area contributed by atoms with Crippen LogP contribution in [-0.2, 0) is 40.3 Å². The van der Waals surface area contributed by atoms with E-state index in [4.69, 9.17) is 38.6 Å². The fraction of sp³-hybridized carbons (Fsp3) is 0.479. The number of nitrogens with two attached hydrogens (primary N) is 1. The Bertz CT molecular complexity index is 2460. The van der Waals surface area contributed by atoms with E-state index < -0.39 is 70.6 Å². The molecule has 4 atom stereocenters. The second-order valence-electron chi connectivity index (χ2n) is 19.3. The number of imidazole rings is 1. The van der Waals surface area contributed by atoms with E-state index in [1.807, 2.05) is 78.9 Å². The lowest BCUT2D eigenvalue weighted by atomic mass is 9.80. The molecule has 68 heavy (non-hydrogen) atoms. The van der Waals surface area contributed by atoms with Crippen molar-refractivity contribution in [3.63, 3.8) is 0 Å². The number of aromatic nitrogens is 4. The number of nitrogens with zero attached hydrogens (tertiary/aromatic N) is 5. The first-order valence-corrected chi connectivity index (χ1v) is 29.3. The average Bonchev–Trinajstić information content (AvgIpc) is 3.88. The van der Waals surface area contributed by atoms with Crippen molar-refractivity contribution in [3.05, 3.63) is 119 Å². The highest BCUT2D eigenvalue weighted by atomic mass is 28.4. The van der Waals surface area contributed by atoms with Gasteiger partial charge in [0.05, 0.1) is 53.5 Å². The third kappa shape index (κ3) is 11.7. The van der Waals surface area contributed by atoms with Gasteiger partial charge in [0.2, 0.25) is 0 Å². The Hall–Kier alpha value is -5.30. The van der Waals surface area contributed by atoms with Crippen molar-refractivity contribution in [2.45, 2.75) is 101 Å². The zero-order valence-electron chi connectivity index (χ0n) is 40.8. The van der Waals surface area contributed by atoms with E-state index in [9.17, 15) is 19.5 Å². The van der Waals surface area contributed by atoms with E-state index >= 15 is 0 Å². The molecule has 1 saturated heterocycles. The number of carbonyl (C=O) groups is 2. The Morgan fingerprint density at radius 3 is 2.03 bits per heavy atom. The molecule has 0 bridgehead atoms. The van der Waals surface area contributed by atoms with E-state index in [0.29, 0.717) is 16.5 Å². The average molecular weight is 974 g/mol. The van der Waals surface area contributed by atoms with Crippen molar-refractivity contribution in [1.29, 1.82) is 0 Å². The molecule has 3 heterocycles. The zero-order valence-corrected chi connectivity index (χ0v) is 42.8. The second-order valence-corrected chi connectivity index (χ2v) is 29.7. The van der Waals surface area contributed by atoms with Crippen LogP contribution in [0.25, 0.3) is 11.2 Å². The number of imide groups is 1. The molecule has 1 fully saturated rings. The van der Waals surface area contributed by atoms with Crippen LogP contribution in [0, 0.1) is 0 Å². The molecular formula is C48H67N7O11Si2. The summed E-state index contributed by atoms with van der Waals surface area (Å²) in [6.45, 7) is 16.6. The highest BCUT2D eigenvalue weighted by molar-refractivity contribution is 6.76. The van der Waals surface area contributed by atoms with Gasteiger partial charge in [0.1, 0.15) is 48.5 Å². The van der Waals surface area contributed by atoms with E-state index in [2.05, 4.69) is 68.9 Å². The minimum atomic E-state index is -2.56. The smallest absolute Gasteiger partial charge is 0.431 e. The molecule has 6 rings (SSSR count). The number of aliphatic hydroxyl groups excluding tert-OH is 1. The number of benzene rings is 3. The zero-order chi connectivity index (χ0) is 49.4. The first kappa shape index (κ1) is 52.1. The summed E-state index contributed by atoms with van der Waals surface area (Å²) < 4.78 is 46.0. The van der Waals surface area contributed by atoms with E-state index in [1.54, 1.807) is 18.8 Å². The van der Waals surface area contributed by atoms with Crippen LogP contribution in [0.3, 0.4) is 0 Å². The Morgan fingerprint density at radius 1 is 0.868 bits per heavy atom. The number of nitrogens with one attached hydrogen (secondary N) is 1. The summed E-state index contributed by atoms with van der Waals surface area (Å²) in [6, 6.07) is 26.1. The summed E-state index contributed by atoms with van der Waals surface area (Å²) in [5, 5.41) is 12.8. The predicted molar refractivity (Wildman–Crippen MR) is 261 cm³/mol. The largest absolute Gasteiger partial charge is 0.497 e. The first-order valence-electron chi connectivity index (χ1n) is 22.7. The maximum atomic E-state index is 13.8. The van der Waals surface area contributed by atoms with Crippen molar-refractivity contribution < 1.29 is 47.5 Å². The number of methoxy groups -OCH3 is 2. The molecule has 18 nitrogen and oxygen atoms in total. The number of rotatable bonds is 21. The molecule has 4 N–H and O–H groups in total. The van der Waals surface area contributed by atoms with Gasteiger partial charge in [0, 0.05) is 8.07 Å². The van der Waals surface area contributed by atoms with Crippen molar-refractivity contribution in [2.75, 3.05) is 47.3 Å². The number of aliphatic hydroxyl groups is 1. The molecule has 0 radical (unpaired) electrons. The molecule has 3 aromatic carbocycles. The molecule has 0 unspecified atom stereocenters. The van der Waals surface area contributed by atoms with Gasteiger partial charge in [-0.1, -0.05) is 95.0 Å². The van der Waals surface area contributed by atoms with E-state index in [0.717, 1.165) is 22.7 Å². The fourth-order valence-electron chi connectivity index (χ4n) is 7.52. The summed E-state index contributed by atoms with van der Waals surface area (Å²) in [5.41, 5.74) is 9.24. The van der Waals surface area contributed by atoms with Gasteiger partial charge in [-0.15, -0.1) is 0 Å². The minimum absolute atomic E-state index is 0.00620. The third-order valence-corrected chi connectivity index (χ3v) is 18.7. The summed E-state index contributed by atoms with van der Waals surface area (Å²) in [7, 11) is -0.794. The lowest BCUT2D eigenvalue weighted by Crippen LogP contribution is -2.50. The van der Waals surface area contributed by atoms with Gasteiger partial charge < -0.3 is 43.7 Å². The van der Waals surface area contributed by atoms with Gasteiger partial charge in [-0.2, -0.15) is 10.4 Å². The van der Waals surface area contributed by atoms with Crippen LogP contribution in [-0.4, -0.2) is 123 Å². The summed E-state index contributed by atoms with van der Waals surface area (Å²) >= 11 is 0. The van der Waals surface area contributed by atoms with Gasteiger partial charge in [0.15, 0.2) is 25.7 Å². The van der Waals surface area contributed by atoms with Gasteiger partial charge in [-0.3, -0.25) is 18.7 Å². The molecule has 2 amide bonds. The predicted octanol–water partition coefficient (Wildman–Crippen LogP) is 6.01. The maximum Gasteiger partial charge on any atom is 0.431 e. The number of hydrogen-bond donors (Lipinski definition) is 3. The molecular weight excluding hydrogens is 907 g/mol. The number of hydrogen-bond acceptors (Lipinski definition) is 15. The Balaban J connectivity index is 1.25. The Morgan fingerprint density at radius 2 is 1.47 bits per heavy atom. The van der Waals surface area contributed by atoms with Crippen molar-refractivity contribution >= 4 is 39.6 Å². The van der Waals surface area contributed by atoms with Gasteiger partial charge in [0.25, 0.3) is 11.5 Å². The highest BCUT2D eigenvalue weighted by Gasteiger charge is 2.52. The molecule has 1 aliphatic heterocycles. The van der Waals surface area contributed by atoms with E-state index in [-0.39, 0.29) is 49.3 Å². The van der Waals surface area contributed by atoms with Crippen LogP contribution in [0.5, 0.6) is 11.5 Å². The number of fused-ring (bicyclic) bond motifs is 1. The van der Waals surface area contributed by atoms with Gasteiger partial charge in [-0.05, 0) is 65.1 Å². The normalized spacial score (nSPS) is 17.9. The first-order chi connectivity index (χ1) is 32.2. The number of hydrazine groups is 1. The molecule has 20 heteroatoms. The molecule has 2 aromatic heterocycles. The number of ether oxygens (including phenoxy) is 6. The van der Waals surface area contributed by atoms with Crippen molar-refractivity contribution in [2.24, 2.45) is 5.73 Å². The maximum absolute atomic E-state index is 13.8. The number of carbonyl (C=O) groups excluding carboxylic acids is 2. The monoisotopic (exact) mass is 973 g/mol. The Kier molecular flexibility index (Phi) is 16.8. The summed E-state index contributed by atoms with van der Waals surface area (Å²) in [4.78, 5) is 47.9. The van der Waals surface area contributed by atoms with Crippen LogP contribution in [0.15, 0.2) is 96.3 Å². The lowest BCUT2D eigenvalue weighted by molar-refractivity contribution is -0.132. The lowest BCUT2D eigenvalue weighted by Gasteiger charge is -2.41. The third-order valence-electron chi connectivity index (χ3n) is 12.5. The minimum Gasteiger partial charge on any atom is -0.497 e. The van der Waals surface area contributed by atoms with Crippen molar-refractivity contribution in [1.82, 2.24) is 29.5 Å². The molecule has 1 aliphatic rings. The van der Waals surface area contributed by atoms with Crippen molar-refractivity contribution in [3.8, 4) is 11.5 Å². The van der Waals surface area contributed by atoms with E-state index in [1.165, 1.54) is 17.2 Å². The molecule has 0 aliphatic carbocycles. The summed E-state index contributed by atoms with van der Waals surface area (Å²) in [5.74, 6) is 0.678. The molecule has 0 saturated carbocycles. The Labute approximate surface area is 399 Å². The SMILES string of the molecule is COc1ccc(C(OC[C@H]2O[C@@H](n3cnc4c(=O)n(CCOCNN(C(=O)CN)C(=O)OCC[Si](C)(C)C)cnc43)[C@H](O)[C@@H]2O[Si](C)(C)C(C)(C)C)(c2ccccc2)c2ccc(OC)cc2)cc1. The molecule has 0 spiro atoms. The highest BCUT2D eigenvalue weighted by Crippen LogP contribution is 2.45. The number of amides is 2. The van der Waals surface area contributed by atoms with Crippen LogP contribution in [0.1, 0.15) is 43.7 Å². The molecule has 5 aromatic rings. The topological polar surface area (TPSA) is 213 Å². The van der Waals surface area contributed by atoms with Crippen LogP contribution in [0.2, 0.25) is 43.8 Å². The standard InChI is InChI=1S/C48H67N7O11Si2/c1-47(2,3)68(9,10)66-42-38(29-64-48(33-14-12-11-13-15-33,34-16-20-36(60-4)21-17-34)35-18-22-37(61-5)23-19-35)65-45(41(42)57)54-31-50-40-43(54)51-30-53(44(40)58)24-25-62-32-52-55(39(56)28-49)46(59)63-26-27-67(6,7)8/h11-23,30-31,38,41-42,45,52,57H,24-29,32,49H2,1-10H3/t38-,41-,42-,45-/m1/s1. The van der Waals surface area contributed by atoms with Crippen LogP contribution in [0.4, 0.5) is 4.79 Å². The van der Waals surface area contributed by atoms with Gasteiger partial charge in [-0.25, -0.2) is 14.8 Å². The van der Waals surface area contributed by atoms with Crippen LogP contribution >= 0.6 is 0 Å². The summed E-state index contributed by atoms with van der Waals surface area (Å²) in [6.07, 6.45) is -2.03. The van der Waals surface area contributed by atoms with Gasteiger partial charge >= 0.3 is 6.09 Å². The second kappa shape index (κ2) is 22.0.